The molecule has 5 nitrogen and oxygen atoms in total. The summed E-state index contributed by atoms with van der Waals surface area (Å²) in [5.74, 6) is -1.67. The maximum absolute atomic E-state index is 11.8. The molecule has 0 aliphatic rings. The summed E-state index contributed by atoms with van der Waals surface area (Å²) < 4.78 is 0. The third-order valence-electron chi connectivity index (χ3n) is 3.15. The SMILES string of the molecule is CCc1ccc(NC(=O)C(=O)NN=Cc2ccc(Cl)c(Cl)c2)cc1. The molecule has 0 radical (unpaired) electrons. The Bertz CT molecular complexity index is 774. The van der Waals surface area contributed by atoms with E-state index in [1.807, 2.05) is 19.1 Å². The highest BCUT2D eigenvalue weighted by Gasteiger charge is 2.12. The first kappa shape index (κ1) is 18.0. The van der Waals surface area contributed by atoms with Crippen molar-refractivity contribution in [3.63, 3.8) is 0 Å². The van der Waals surface area contributed by atoms with Gasteiger partial charge in [0.05, 0.1) is 16.3 Å². The normalized spacial score (nSPS) is 10.6. The van der Waals surface area contributed by atoms with Crippen LogP contribution >= 0.6 is 23.2 Å². The molecule has 2 aromatic carbocycles. The smallest absolute Gasteiger partial charge is 0.318 e. The largest absolute Gasteiger partial charge is 0.329 e. The molecular formula is C17H15Cl2N3O2. The van der Waals surface area contributed by atoms with Crippen molar-refractivity contribution in [3.05, 3.63) is 63.6 Å². The number of carbonyl (C=O) groups excluding carboxylic acids is 2. The highest BCUT2D eigenvalue weighted by molar-refractivity contribution is 6.42. The maximum Gasteiger partial charge on any atom is 0.329 e. The Labute approximate surface area is 149 Å². The quantitative estimate of drug-likeness (QED) is 0.494. The minimum Gasteiger partial charge on any atom is -0.318 e. The summed E-state index contributed by atoms with van der Waals surface area (Å²) in [6.07, 6.45) is 2.27. The predicted molar refractivity (Wildman–Crippen MR) is 96.6 cm³/mol. The lowest BCUT2D eigenvalue weighted by Gasteiger charge is -2.04. The van der Waals surface area contributed by atoms with Gasteiger partial charge in [0.2, 0.25) is 0 Å². The fourth-order valence-corrected chi connectivity index (χ4v) is 2.13. The number of hydrogen-bond acceptors (Lipinski definition) is 3. The van der Waals surface area contributed by atoms with Gasteiger partial charge in [0.15, 0.2) is 0 Å². The zero-order valence-electron chi connectivity index (χ0n) is 12.8. The first-order valence-electron chi connectivity index (χ1n) is 7.18. The molecule has 2 rings (SSSR count). The average Bonchev–Trinajstić information content (AvgIpc) is 2.58. The van der Waals surface area contributed by atoms with E-state index < -0.39 is 11.8 Å². The fraction of sp³-hybridized carbons (Fsp3) is 0.118. The molecule has 0 heterocycles. The summed E-state index contributed by atoms with van der Waals surface area (Å²) in [5.41, 5.74) is 4.47. The van der Waals surface area contributed by atoms with Crippen LogP contribution in [0.5, 0.6) is 0 Å². The van der Waals surface area contributed by atoms with Crippen molar-refractivity contribution in [2.75, 3.05) is 5.32 Å². The lowest BCUT2D eigenvalue weighted by Crippen LogP contribution is -2.32. The molecule has 0 atom stereocenters. The van der Waals surface area contributed by atoms with E-state index in [1.54, 1.807) is 30.3 Å². The van der Waals surface area contributed by atoms with Gasteiger partial charge in [-0.1, -0.05) is 48.3 Å². The number of rotatable bonds is 4. The van der Waals surface area contributed by atoms with Crippen LogP contribution in [0.2, 0.25) is 10.0 Å². The first-order chi connectivity index (χ1) is 11.5. The van der Waals surface area contributed by atoms with Gasteiger partial charge in [-0.25, -0.2) is 5.43 Å². The highest BCUT2D eigenvalue weighted by atomic mass is 35.5. The standard InChI is InChI=1S/C17H15Cl2N3O2/c1-2-11-3-6-13(7-4-11)21-16(23)17(24)22-20-10-12-5-8-14(18)15(19)9-12/h3-10H,2H2,1H3,(H,21,23)(H,22,24). The molecule has 0 saturated heterocycles. The lowest BCUT2D eigenvalue weighted by atomic mass is 10.1. The molecule has 24 heavy (non-hydrogen) atoms. The van der Waals surface area contributed by atoms with Gasteiger partial charge in [-0.15, -0.1) is 0 Å². The zero-order valence-corrected chi connectivity index (χ0v) is 14.4. The second-order valence-corrected chi connectivity index (χ2v) is 5.69. The zero-order chi connectivity index (χ0) is 17.5. The molecule has 0 aliphatic heterocycles. The molecule has 0 fully saturated rings. The van der Waals surface area contributed by atoms with Crippen molar-refractivity contribution in [1.82, 2.24) is 5.43 Å². The molecule has 2 amide bonds. The summed E-state index contributed by atoms with van der Waals surface area (Å²) >= 11 is 11.7. The van der Waals surface area contributed by atoms with Crippen LogP contribution in [0.15, 0.2) is 47.6 Å². The number of halogens is 2. The minimum atomic E-state index is -0.870. The van der Waals surface area contributed by atoms with Gasteiger partial charge in [-0.3, -0.25) is 9.59 Å². The van der Waals surface area contributed by atoms with Crippen molar-refractivity contribution in [2.24, 2.45) is 5.10 Å². The second-order valence-electron chi connectivity index (χ2n) is 4.88. The molecule has 0 unspecified atom stereocenters. The molecule has 0 spiro atoms. The third kappa shape index (κ3) is 5.08. The summed E-state index contributed by atoms with van der Waals surface area (Å²) in [5, 5.41) is 7.01. The number of anilines is 1. The molecule has 124 valence electrons. The number of nitrogens with one attached hydrogen (secondary N) is 2. The van der Waals surface area contributed by atoms with Gasteiger partial charge in [0, 0.05) is 5.69 Å². The Balaban J connectivity index is 1.89. The van der Waals surface area contributed by atoms with E-state index in [9.17, 15) is 9.59 Å². The number of aryl methyl sites for hydroxylation is 1. The Kier molecular flexibility index (Phi) is 6.35. The van der Waals surface area contributed by atoms with Crippen LogP contribution in [-0.4, -0.2) is 18.0 Å². The molecule has 2 N–H and O–H groups in total. The van der Waals surface area contributed by atoms with Crippen molar-refractivity contribution < 1.29 is 9.59 Å². The number of carbonyl (C=O) groups is 2. The first-order valence-corrected chi connectivity index (χ1v) is 7.93. The molecule has 0 aromatic heterocycles. The number of hydrogen-bond donors (Lipinski definition) is 2. The predicted octanol–water partition coefficient (Wildman–Crippen LogP) is 3.64. The Morgan fingerprint density at radius 3 is 2.38 bits per heavy atom. The van der Waals surface area contributed by atoms with Gasteiger partial charge in [0.1, 0.15) is 0 Å². The van der Waals surface area contributed by atoms with Crippen molar-refractivity contribution in [3.8, 4) is 0 Å². The van der Waals surface area contributed by atoms with Crippen LogP contribution in [0, 0.1) is 0 Å². The summed E-state index contributed by atoms with van der Waals surface area (Å²) in [6.45, 7) is 2.03. The van der Waals surface area contributed by atoms with Crippen molar-refractivity contribution in [2.45, 2.75) is 13.3 Å². The van der Waals surface area contributed by atoms with E-state index in [2.05, 4.69) is 15.8 Å². The van der Waals surface area contributed by atoms with Gasteiger partial charge in [0.25, 0.3) is 0 Å². The minimum absolute atomic E-state index is 0.375. The number of amides is 2. The fourth-order valence-electron chi connectivity index (χ4n) is 1.82. The summed E-state index contributed by atoms with van der Waals surface area (Å²) in [4.78, 5) is 23.5. The highest BCUT2D eigenvalue weighted by Crippen LogP contribution is 2.21. The van der Waals surface area contributed by atoms with E-state index in [4.69, 9.17) is 23.2 Å². The van der Waals surface area contributed by atoms with E-state index >= 15 is 0 Å². The van der Waals surface area contributed by atoms with Gasteiger partial charge >= 0.3 is 11.8 Å². The van der Waals surface area contributed by atoms with Gasteiger partial charge in [-0.2, -0.15) is 5.10 Å². The van der Waals surface area contributed by atoms with Crippen molar-refractivity contribution in [1.29, 1.82) is 0 Å². The lowest BCUT2D eigenvalue weighted by molar-refractivity contribution is -0.136. The van der Waals surface area contributed by atoms with E-state index in [0.29, 0.717) is 21.3 Å². The molecule has 2 aromatic rings. The van der Waals surface area contributed by atoms with E-state index in [1.165, 1.54) is 6.21 Å². The Morgan fingerprint density at radius 1 is 1.04 bits per heavy atom. The Hall–Kier alpha value is -2.37. The molecule has 7 heteroatoms. The number of benzene rings is 2. The molecular weight excluding hydrogens is 349 g/mol. The molecule has 0 aliphatic carbocycles. The van der Waals surface area contributed by atoms with Gasteiger partial charge < -0.3 is 5.32 Å². The topological polar surface area (TPSA) is 70.6 Å². The molecule has 0 bridgehead atoms. The molecule has 0 saturated carbocycles. The maximum atomic E-state index is 11.8. The number of nitrogens with zero attached hydrogens (tertiary/aromatic N) is 1. The van der Waals surface area contributed by atoms with Crippen LogP contribution in [0.3, 0.4) is 0 Å². The van der Waals surface area contributed by atoms with Crippen LogP contribution < -0.4 is 10.7 Å². The number of hydrazone groups is 1. The van der Waals surface area contributed by atoms with Crippen LogP contribution in [-0.2, 0) is 16.0 Å². The Morgan fingerprint density at radius 2 is 1.75 bits per heavy atom. The monoisotopic (exact) mass is 363 g/mol. The van der Waals surface area contributed by atoms with Crippen LogP contribution in [0.4, 0.5) is 5.69 Å². The third-order valence-corrected chi connectivity index (χ3v) is 3.89. The summed E-state index contributed by atoms with van der Waals surface area (Å²) in [7, 11) is 0. The van der Waals surface area contributed by atoms with Crippen LogP contribution in [0.1, 0.15) is 18.1 Å². The average molecular weight is 364 g/mol. The van der Waals surface area contributed by atoms with E-state index in [0.717, 1.165) is 12.0 Å². The van der Waals surface area contributed by atoms with Crippen molar-refractivity contribution >= 4 is 46.9 Å². The second kappa shape index (κ2) is 8.47. The van der Waals surface area contributed by atoms with Gasteiger partial charge in [-0.05, 0) is 41.8 Å². The summed E-state index contributed by atoms with van der Waals surface area (Å²) in [6, 6.07) is 12.1. The van der Waals surface area contributed by atoms with E-state index in [-0.39, 0.29) is 0 Å². The van der Waals surface area contributed by atoms with Crippen LogP contribution in [0.25, 0.3) is 0 Å².